The molecule has 1 saturated carbocycles. The van der Waals surface area contributed by atoms with Crippen LogP contribution in [-0.2, 0) is 13.6 Å². The van der Waals surface area contributed by atoms with E-state index in [2.05, 4.69) is 84.4 Å². The molecule has 1 fully saturated rings. The molecule has 33 heavy (non-hydrogen) atoms. The van der Waals surface area contributed by atoms with Gasteiger partial charge in [-0.3, -0.25) is 4.79 Å². The Balaban J connectivity index is 1.95. The second kappa shape index (κ2) is 9.28. The lowest BCUT2D eigenvalue weighted by atomic mass is 9.92. The maximum absolute atomic E-state index is 13.0. The average Bonchev–Trinajstić information content (AvgIpc) is 2.95. The number of nitrogens with one attached hydrogen (secondary N) is 2. The van der Waals surface area contributed by atoms with Crippen LogP contribution >= 0.6 is 0 Å². The predicted molar refractivity (Wildman–Crippen MR) is 142 cm³/mol. The summed E-state index contributed by atoms with van der Waals surface area (Å²) in [6.45, 7) is 22.9. The van der Waals surface area contributed by atoms with Crippen LogP contribution < -0.4 is 10.6 Å². The first-order chi connectivity index (χ1) is 15.0. The van der Waals surface area contributed by atoms with E-state index in [9.17, 15) is 4.79 Å². The maximum Gasteiger partial charge on any atom is 0.272 e. The van der Waals surface area contributed by atoms with Crippen molar-refractivity contribution < 1.29 is 13.6 Å². The topological polar surface area (TPSA) is 59.6 Å². The molecular weight excluding hydrogens is 444 g/mol. The van der Waals surface area contributed by atoms with E-state index in [1.54, 1.807) is 0 Å². The second-order valence-electron chi connectivity index (χ2n) is 13.3. The molecule has 5 nitrogen and oxygen atoms in total. The zero-order chi connectivity index (χ0) is 24.8. The Bertz CT molecular complexity index is 812. The molecule has 0 spiro atoms. The molecule has 0 saturated heterocycles. The quantitative estimate of drug-likeness (QED) is 0.423. The summed E-state index contributed by atoms with van der Waals surface area (Å²) in [7, 11) is -4.04. The van der Waals surface area contributed by atoms with Crippen LogP contribution in [0, 0.1) is 0 Å². The number of allylic oxidation sites excluding steroid dienone is 1. The van der Waals surface area contributed by atoms with E-state index in [0.29, 0.717) is 12.5 Å². The minimum atomic E-state index is -2.02. The number of carbonyl (C=O) groups is 1. The zero-order valence-electron chi connectivity index (χ0n) is 22.8. The molecule has 1 heterocycles. The fourth-order valence-electron chi connectivity index (χ4n) is 4.37. The van der Waals surface area contributed by atoms with E-state index in [1.807, 2.05) is 0 Å². The SMILES string of the molecule is CC(C)(C)[Si](C)(C)O[C@@H]1C=C2NC(=O)C(NC3CCCCC3)=C2C[C@H]1O[Si](C)(C)C(C)(C)C. The fraction of sp³-hybridized carbons (Fsp3) is 0.808. The van der Waals surface area contributed by atoms with Crippen LogP contribution in [0.1, 0.15) is 80.1 Å². The second-order valence-corrected chi connectivity index (χ2v) is 22.8. The van der Waals surface area contributed by atoms with Crippen molar-refractivity contribution >= 4 is 22.5 Å². The van der Waals surface area contributed by atoms with E-state index in [1.165, 1.54) is 19.3 Å². The highest BCUT2D eigenvalue weighted by Crippen LogP contribution is 2.44. The number of hydrogen-bond acceptors (Lipinski definition) is 4. The monoisotopic (exact) mass is 492 g/mol. The number of rotatable bonds is 6. The maximum atomic E-state index is 13.0. The molecule has 7 heteroatoms. The number of hydrogen-bond donors (Lipinski definition) is 2. The Labute approximate surface area is 204 Å². The van der Waals surface area contributed by atoms with Crippen LogP contribution in [-0.4, -0.2) is 40.8 Å². The normalized spacial score (nSPS) is 25.6. The van der Waals surface area contributed by atoms with Crippen molar-refractivity contribution in [1.29, 1.82) is 0 Å². The van der Waals surface area contributed by atoms with Gasteiger partial charge in [-0.2, -0.15) is 0 Å². The van der Waals surface area contributed by atoms with Crippen LogP contribution in [0.3, 0.4) is 0 Å². The molecular formula is C26H48N2O3Si2. The van der Waals surface area contributed by atoms with Gasteiger partial charge < -0.3 is 19.5 Å². The lowest BCUT2D eigenvalue weighted by Crippen LogP contribution is -2.52. The van der Waals surface area contributed by atoms with Crippen LogP contribution in [0.5, 0.6) is 0 Å². The number of amides is 1. The highest BCUT2D eigenvalue weighted by molar-refractivity contribution is 6.74. The van der Waals surface area contributed by atoms with Gasteiger partial charge in [-0.1, -0.05) is 60.8 Å². The molecule has 1 amide bonds. The van der Waals surface area contributed by atoms with Crippen molar-refractivity contribution in [3.8, 4) is 0 Å². The van der Waals surface area contributed by atoms with Crippen LogP contribution in [0.2, 0.25) is 36.3 Å². The van der Waals surface area contributed by atoms with Gasteiger partial charge in [0.15, 0.2) is 16.6 Å². The standard InChI is InChI=1S/C26H48N2O3Si2/c1-25(2,3)32(7,8)30-21-16-19-20(17-22(21)31-33(9,10)26(4,5)6)28-24(29)23(19)27-18-14-12-11-13-15-18/h17-18,21-22,27H,11-16H2,1-10H3,(H,28,29)/t21-,22-/m1/s1. The molecule has 0 aromatic carbocycles. The van der Waals surface area contributed by atoms with Gasteiger partial charge in [0, 0.05) is 23.7 Å². The number of carbonyl (C=O) groups excluding carboxylic acids is 1. The van der Waals surface area contributed by atoms with Crippen molar-refractivity contribution in [1.82, 2.24) is 10.6 Å². The molecule has 0 unspecified atom stereocenters. The van der Waals surface area contributed by atoms with Gasteiger partial charge in [0.2, 0.25) is 0 Å². The Morgan fingerprint density at radius 1 is 0.909 bits per heavy atom. The fourth-order valence-corrected chi connectivity index (χ4v) is 6.95. The first-order valence-corrected chi connectivity index (χ1v) is 18.7. The molecule has 2 atom stereocenters. The van der Waals surface area contributed by atoms with Crippen molar-refractivity contribution in [2.75, 3.05) is 0 Å². The van der Waals surface area contributed by atoms with Crippen molar-refractivity contribution in [3.05, 3.63) is 23.0 Å². The Kier molecular flexibility index (Phi) is 7.51. The van der Waals surface area contributed by atoms with Crippen LogP contribution in [0.25, 0.3) is 0 Å². The molecule has 0 radical (unpaired) electrons. The summed E-state index contributed by atoms with van der Waals surface area (Å²) in [4.78, 5) is 13.0. The van der Waals surface area contributed by atoms with Gasteiger partial charge in [-0.05, 0) is 55.2 Å². The molecule has 2 N–H and O–H groups in total. The summed E-state index contributed by atoms with van der Waals surface area (Å²) >= 11 is 0. The molecule has 1 aliphatic heterocycles. The molecule has 3 rings (SSSR count). The summed E-state index contributed by atoms with van der Waals surface area (Å²) in [5, 5.41) is 6.98. The van der Waals surface area contributed by atoms with Gasteiger partial charge in [0.1, 0.15) is 5.70 Å². The number of fused-ring (bicyclic) bond motifs is 1. The smallest absolute Gasteiger partial charge is 0.272 e. The van der Waals surface area contributed by atoms with Gasteiger partial charge in [-0.25, -0.2) is 0 Å². The van der Waals surface area contributed by atoms with Gasteiger partial charge in [-0.15, -0.1) is 0 Å². The largest absolute Gasteiger partial charge is 0.411 e. The first-order valence-electron chi connectivity index (χ1n) is 12.9. The third-order valence-corrected chi connectivity index (χ3v) is 17.6. The Morgan fingerprint density at radius 3 is 2.00 bits per heavy atom. The average molecular weight is 493 g/mol. The molecule has 2 aliphatic carbocycles. The summed E-state index contributed by atoms with van der Waals surface area (Å²) in [6, 6.07) is 0.396. The first kappa shape index (κ1) is 26.7. The zero-order valence-corrected chi connectivity index (χ0v) is 24.8. The lowest BCUT2D eigenvalue weighted by Gasteiger charge is -2.46. The van der Waals surface area contributed by atoms with Gasteiger partial charge in [0.05, 0.1) is 12.2 Å². The molecule has 0 aromatic heterocycles. The van der Waals surface area contributed by atoms with Crippen LogP contribution in [0.4, 0.5) is 0 Å². The van der Waals surface area contributed by atoms with E-state index in [-0.39, 0.29) is 28.2 Å². The summed E-state index contributed by atoms with van der Waals surface area (Å²) < 4.78 is 13.9. The van der Waals surface area contributed by atoms with E-state index >= 15 is 0 Å². The third kappa shape index (κ3) is 5.85. The van der Waals surface area contributed by atoms with Crippen molar-refractivity contribution in [2.24, 2.45) is 0 Å². The summed E-state index contributed by atoms with van der Waals surface area (Å²) in [6.07, 6.45) is 8.71. The molecule has 188 valence electrons. The van der Waals surface area contributed by atoms with E-state index in [4.69, 9.17) is 8.85 Å². The third-order valence-electron chi connectivity index (χ3n) is 8.65. The van der Waals surface area contributed by atoms with Crippen molar-refractivity contribution in [2.45, 2.75) is 135 Å². The predicted octanol–water partition coefficient (Wildman–Crippen LogP) is 6.36. The van der Waals surface area contributed by atoms with Crippen LogP contribution in [0.15, 0.2) is 23.0 Å². The molecule has 0 bridgehead atoms. The molecule has 0 aromatic rings. The minimum Gasteiger partial charge on any atom is -0.411 e. The van der Waals surface area contributed by atoms with Crippen molar-refractivity contribution in [3.63, 3.8) is 0 Å². The van der Waals surface area contributed by atoms with E-state index < -0.39 is 16.6 Å². The Morgan fingerprint density at radius 2 is 1.45 bits per heavy atom. The Hall–Kier alpha value is -0.896. The lowest BCUT2D eigenvalue weighted by molar-refractivity contribution is -0.116. The summed E-state index contributed by atoms with van der Waals surface area (Å²) in [5.41, 5.74) is 2.78. The van der Waals surface area contributed by atoms with Gasteiger partial charge >= 0.3 is 0 Å². The highest BCUT2D eigenvalue weighted by Gasteiger charge is 2.47. The summed E-state index contributed by atoms with van der Waals surface area (Å²) in [5.74, 6) is 0.000812. The minimum absolute atomic E-state index is 0.000812. The van der Waals surface area contributed by atoms with E-state index in [0.717, 1.165) is 29.8 Å². The highest BCUT2D eigenvalue weighted by atomic mass is 28.4. The van der Waals surface area contributed by atoms with Gasteiger partial charge in [0.25, 0.3) is 5.91 Å². The molecule has 3 aliphatic rings.